The SMILES string of the molecule is O=C(NN[C@@H]1CC[C@@H]2CCCC[C@@H]2C1)c1ccccc1. The lowest BCUT2D eigenvalue weighted by molar-refractivity contribution is 0.0890. The van der Waals surface area contributed by atoms with Crippen LogP contribution in [0.25, 0.3) is 0 Å². The molecule has 0 saturated heterocycles. The third kappa shape index (κ3) is 3.21. The number of carbonyl (C=O) groups excluding carboxylic acids is 1. The van der Waals surface area contributed by atoms with E-state index < -0.39 is 0 Å². The van der Waals surface area contributed by atoms with Crippen LogP contribution in [0.5, 0.6) is 0 Å². The van der Waals surface area contributed by atoms with Crippen LogP contribution in [-0.2, 0) is 0 Å². The minimum absolute atomic E-state index is 0.0311. The van der Waals surface area contributed by atoms with Gasteiger partial charge >= 0.3 is 0 Å². The molecule has 0 aromatic heterocycles. The Balaban J connectivity index is 1.48. The second-order valence-electron chi connectivity index (χ2n) is 6.28. The molecule has 1 aromatic rings. The number of carbonyl (C=O) groups is 1. The first kappa shape index (κ1) is 13.6. The molecule has 20 heavy (non-hydrogen) atoms. The van der Waals surface area contributed by atoms with E-state index in [1.165, 1.54) is 44.9 Å². The number of rotatable bonds is 3. The Morgan fingerprint density at radius 1 is 0.950 bits per heavy atom. The molecule has 0 unspecified atom stereocenters. The number of nitrogens with one attached hydrogen (secondary N) is 2. The fraction of sp³-hybridized carbons (Fsp3) is 0.588. The summed E-state index contributed by atoms with van der Waals surface area (Å²) in [5, 5.41) is 0. The molecule has 2 aliphatic rings. The number of fused-ring (bicyclic) bond motifs is 1. The lowest BCUT2D eigenvalue weighted by atomic mass is 9.69. The van der Waals surface area contributed by atoms with E-state index in [-0.39, 0.29) is 5.91 Å². The van der Waals surface area contributed by atoms with E-state index in [9.17, 15) is 4.79 Å². The molecule has 1 aromatic carbocycles. The molecule has 108 valence electrons. The van der Waals surface area contributed by atoms with Crippen molar-refractivity contribution in [3.63, 3.8) is 0 Å². The molecular weight excluding hydrogens is 248 g/mol. The van der Waals surface area contributed by atoms with E-state index in [4.69, 9.17) is 0 Å². The summed E-state index contributed by atoms with van der Waals surface area (Å²) in [5.74, 6) is 1.80. The van der Waals surface area contributed by atoms with E-state index in [0.717, 1.165) is 11.8 Å². The first-order chi connectivity index (χ1) is 9.83. The van der Waals surface area contributed by atoms with Crippen LogP contribution in [-0.4, -0.2) is 11.9 Å². The van der Waals surface area contributed by atoms with E-state index in [0.29, 0.717) is 11.6 Å². The van der Waals surface area contributed by atoms with Crippen LogP contribution in [0.4, 0.5) is 0 Å². The predicted molar refractivity (Wildman–Crippen MR) is 80.1 cm³/mol. The molecule has 1 amide bonds. The lowest BCUT2D eigenvalue weighted by Crippen LogP contribution is -2.47. The maximum Gasteiger partial charge on any atom is 0.265 e. The molecular formula is C17H24N2O. The van der Waals surface area contributed by atoms with Crippen LogP contribution in [0.3, 0.4) is 0 Å². The van der Waals surface area contributed by atoms with Crippen molar-refractivity contribution in [1.82, 2.24) is 10.9 Å². The monoisotopic (exact) mass is 272 g/mol. The van der Waals surface area contributed by atoms with Gasteiger partial charge in [0.25, 0.3) is 5.91 Å². The molecule has 3 rings (SSSR count). The summed E-state index contributed by atoms with van der Waals surface area (Å²) in [5.41, 5.74) is 6.84. The van der Waals surface area contributed by atoms with Gasteiger partial charge in [0.05, 0.1) is 0 Å². The Kier molecular flexibility index (Phi) is 4.36. The smallest absolute Gasteiger partial charge is 0.265 e. The van der Waals surface area contributed by atoms with Crippen molar-refractivity contribution < 1.29 is 4.79 Å². The quantitative estimate of drug-likeness (QED) is 0.829. The average molecular weight is 272 g/mol. The standard InChI is InChI=1S/C17H24N2O/c20-17(14-7-2-1-3-8-14)19-18-16-11-10-13-6-4-5-9-15(13)12-16/h1-3,7-8,13,15-16,18H,4-6,9-12H2,(H,19,20)/t13-,15+,16+/m0/s1. The first-order valence-electron chi connectivity index (χ1n) is 7.94. The highest BCUT2D eigenvalue weighted by atomic mass is 16.2. The van der Waals surface area contributed by atoms with Crippen molar-refractivity contribution in [2.75, 3.05) is 0 Å². The van der Waals surface area contributed by atoms with Crippen molar-refractivity contribution in [3.05, 3.63) is 35.9 Å². The molecule has 2 fully saturated rings. The minimum atomic E-state index is -0.0311. The molecule has 0 spiro atoms. The molecule has 0 aliphatic heterocycles. The molecule has 3 heteroatoms. The van der Waals surface area contributed by atoms with Crippen molar-refractivity contribution in [3.8, 4) is 0 Å². The Labute approximate surface area is 121 Å². The fourth-order valence-corrected chi connectivity index (χ4v) is 3.83. The van der Waals surface area contributed by atoms with Crippen LogP contribution in [0, 0.1) is 11.8 Å². The zero-order valence-electron chi connectivity index (χ0n) is 12.0. The second-order valence-corrected chi connectivity index (χ2v) is 6.28. The second kappa shape index (κ2) is 6.40. The predicted octanol–water partition coefficient (Wildman–Crippen LogP) is 3.28. The first-order valence-corrected chi connectivity index (χ1v) is 7.94. The van der Waals surface area contributed by atoms with Crippen molar-refractivity contribution in [2.24, 2.45) is 11.8 Å². The maximum absolute atomic E-state index is 12.0. The van der Waals surface area contributed by atoms with Gasteiger partial charge in [0.15, 0.2) is 0 Å². The van der Waals surface area contributed by atoms with Gasteiger partial charge in [0.2, 0.25) is 0 Å². The number of hydrogen-bond acceptors (Lipinski definition) is 2. The highest BCUT2D eigenvalue weighted by molar-refractivity contribution is 5.93. The van der Waals surface area contributed by atoms with Gasteiger partial charge < -0.3 is 0 Å². The lowest BCUT2D eigenvalue weighted by Gasteiger charge is -2.39. The Morgan fingerprint density at radius 2 is 1.70 bits per heavy atom. The van der Waals surface area contributed by atoms with Crippen molar-refractivity contribution in [2.45, 2.75) is 51.0 Å². The summed E-state index contributed by atoms with van der Waals surface area (Å²) in [6.07, 6.45) is 9.36. The molecule has 2 N–H and O–H groups in total. The molecule has 0 bridgehead atoms. The van der Waals surface area contributed by atoms with Crippen molar-refractivity contribution in [1.29, 1.82) is 0 Å². The number of benzene rings is 1. The third-order valence-corrected chi connectivity index (χ3v) is 4.97. The Morgan fingerprint density at radius 3 is 2.50 bits per heavy atom. The van der Waals surface area contributed by atoms with Gasteiger partial charge in [-0.05, 0) is 43.2 Å². The van der Waals surface area contributed by atoms with Gasteiger partial charge in [0.1, 0.15) is 0 Å². The minimum Gasteiger partial charge on any atom is -0.287 e. The molecule has 2 saturated carbocycles. The number of amides is 1. The van der Waals surface area contributed by atoms with Gasteiger partial charge in [-0.2, -0.15) is 0 Å². The molecule has 2 aliphatic carbocycles. The van der Waals surface area contributed by atoms with Crippen LogP contribution in [0.2, 0.25) is 0 Å². The summed E-state index contributed by atoms with van der Waals surface area (Å²) < 4.78 is 0. The summed E-state index contributed by atoms with van der Waals surface area (Å²) in [7, 11) is 0. The Bertz CT molecular complexity index is 446. The maximum atomic E-state index is 12.0. The summed E-state index contributed by atoms with van der Waals surface area (Å²) in [6, 6.07) is 9.84. The highest BCUT2D eigenvalue weighted by Gasteiger charge is 2.32. The van der Waals surface area contributed by atoms with Crippen molar-refractivity contribution >= 4 is 5.91 Å². The van der Waals surface area contributed by atoms with Gasteiger partial charge in [-0.1, -0.05) is 43.9 Å². The Hall–Kier alpha value is -1.35. The topological polar surface area (TPSA) is 41.1 Å². The average Bonchev–Trinajstić information content (AvgIpc) is 2.53. The third-order valence-electron chi connectivity index (χ3n) is 4.97. The summed E-state index contributed by atoms with van der Waals surface area (Å²) >= 11 is 0. The van der Waals surface area contributed by atoms with Crippen LogP contribution >= 0.6 is 0 Å². The van der Waals surface area contributed by atoms with E-state index in [1.807, 2.05) is 30.3 Å². The van der Waals surface area contributed by atoms with Gasteiger partial charge in [-0.15, -0.1) is 0 Å². The summed E-state index contributed by atoms with van der Waals surface area (Å²) in [4.78, 5) is 12.0. The van der Waals surface area contributed by atoms with E-state index in [1.54, 1.807) is 0 Å². The van der Waals surface area contributed by atoms with Gasteiger partial charge in [-0.3, -0.25) is 10.2 Å². The van der Waals surface area contributed by atoms with Gasteiger partial charge in [-0.25, -0.2) is 5.43 Å². The zero-order valence-corrected chi connectivity index (χ0v) is 12.0. The molecule has 3 nitrogen and oxygen atoms in total. The number of hydrogen-bond donors (Lipinski definition) is 2. The van der Waals surface area contributed by atoms with Crippen LogP contribution < -0.4 is 10.9 Å². The van der Waals surface area contributed by atoms with E-state index >= 15 is 0 Å². The molecule has 0 radical (unpaired) electrons. The largest absolute Gasteiger partial charge is 0.287 e. The van der Waals surface area contributed by atoms with Crippen LogP contribution in [0.15, 0.2) is 30.3 Å². The van der Waals surface area contributed by atoms with E-state index in [2.05, 4.69) is 10.9 Å². The zero-order chi connectivity index (χ0) is 13.8. The van der Waals surface area contributed by atoms with Crippen LogP contribution in [0.1, 0.15) is 55.3 Å². The number of hydrazine groups is 1. The fourth-order valence-electron chi connectivity index (χ4n) is 3.83. The molecule has 0 heterocycles. The molecule has 3 atom stereocenters. The normalized spacial score (nSPS) is 29.5. The van der Waals surface area contributed by atoms with Gasteiger partial charge in [0, 0.05) is 11.6 Å². The highest BCUT2D eigenvalue weighted by Crippen LogP contribution is 2.40. The summed E-state index contributed by atoms with van der Waals surface area (Å²) in [6.45, 7) is 0.